The van der Waals surface area contributed by atoms with Crippen LogP contribution in [-0.4, -0.2) is 30.6 Å². The molecule has 1 heterocycles. The van der Waals surface area contributed by atoms with Gasteiger partial charge in [-0.3, -0.25) is 4.99 Å². The molecule has 9 heteroatoms. The molecule has 0 atom stereocenters. The molecule has 0 aliphatic carbocycles. The first-order valence-electron chi connectivity index (χ1n) is 6.49. The Labute approximate surface area is 144 Å². The van der Waals surface area contributed by atoms with Gasteiger partial charge in [-0.1, -0.05) is 13.8 Å². The van der Waals surface area contributed by atoms with Crippen molar-refractivity contribution in [3.63, 3.8) is 0 Å². The van der Waals surface area contributed by atoms with Crippen LogP contribution < -0.4 is 15.8 Å². The average Bonchev–Trinajstić information content (AvgIpc) is 2.41. The highest BCUT2D eigenvalue weighted by molar-refractivity contribution is 14.0. The van der Waals surface area contributed by atoms with E-state index in [1.807, 2.05) is 13.8 Å². The summed E-state index contributed by atoms with van der Waals surface area (Å²) in [4.78, 5) is 7.68. The minimum absolute atomic E-state index is 0. The molecule has 0 unspecified atom stereocenters. The summed E-state index contributed by atoms with van der Waals surface area (Å²) in [5.41, 5.74) is 4.80. The Hall–Kier alpha value is -1.26. The third kappa shape index (κ3) is 8.25. The van der Waals surface area contributed by atoms with E-state index in [1.165, 1.54) is 6.07 Å². The first-order chi connectivity index (χ1) is 9.79. The molecule has 1 aromatic rings. The molecule has 22 heavy (non-hydrogen) atoms. The lowest BCUT2D eigenvalue weighted by molar-refractivity contribution is -0.137. The monoisotopic (exact) mass is 432 g/mol. The van der Waals surface area contributed by atoms with Crippen molar-refractivity contribution >= 4 is 29.9 Å². The van der Waals surface area contributed by atoms with Gasteiger partial charge in [-0.05, 0) is 12.0 Å². The van der Waals surface area contributed by atoms with E-state index < -0.39 is 11.7 Å². The van der Waals surface area contributed by atoms with Crippen molar-refractivity contribution in [2.24, 2.45) is 16.6 Å². The number of hydrogen-bond acceptors (Lipinski definition) is 3. The van der Waals surface area contributed by atoms with Crippen LogP contribution in [-0.2, 0) is 6.18 Å². The van der Waals surface area contributed by atoms with Gasteiger partial charge in [-0.25, -0.2) is 4.98 Å². The average molecular weight is 432 g/mol. The topological polar surface area (TPSA) is 72.5 Å². The van der Waals surface area contributed by atoms with E-state index in [9.17, 15) is 13.2 Å². The van der Waals surface area contributed by atoms with E-state index in [0.29, 0.717) is 25.0 Å². The molecule has 3 N–H and O–H groups in total. The van der Waals surface area contributed by atoms with Crippen molar-refractivity contribution in [1.82, 2.24) is 10.3 Å². The minimum atomic E-state index is -4.39. The number of aromatic nitrogens is 1. The minimum Gasteiger partial charge on any atom is -0.476 e. The third-order valence-electron chi connectivity index (χ3n) is 2.35. The number of nitrogens with zero attached hydrogens (tertiary/aromatic N) is 2. The van der Waals surface area contributed by atoms with Gasteiger partial charge in [0.15, 0.2) is 5.96 Å². The molecule has 0 aliphatic heterocycles. The fourth-order valence-electron chi connectivity index (χ4n) is 1.30. The number of guanidine groups is 1. The van der Waals surface area contributed by atoms with E-state index in [-0.39, 0.29) is 36.5 Å². The quantitative estimate of drug-likeness (QED) is 0.314. The summed E-state index contributed by atoms with van der Waals surface area (Å²) in [5.74, 6) is 0.855. The third-order valence-corrected chi connectivity index (χ3v) is 2.35. The van der Waals surface area contributed by atoms with Gasteiger partial charge in [0.25, 0.3) is 0 Å². The maximum atomic E-state index is 12.3. The van der Waals surface area contributed by atoms with Crippen LogP contribution >= 0.6 is 24.0 Å². The van der Waals surface area contributed by atoms with Crippen LogP contribution in [0.4, 0.5) is 13.2 Å². The van der Waals surface area contributed by atoms with E-state index in [2.05, 4.69) is 15.3 Å². The van der Waals surface area contributed by atoms with Crippen LogP contribution in [0.1, 0.15) is 19.4 Å². The molecule has 0 radical (unpaired) electrons. The molecular weight excluding hydrogens is 412 g/mol. The second-order valence-corrected chi connectivity index (χ2v) is 4.78. The zero-order chi connectivity index (χ0) is 15.9. The summed E-state index contributed by atoms with van der Waals surface area (Å²) in [7, 11) is 0. The van der Waals surface area contributed by atoms with E-state index in [4.69, 9.17) is 10.5 Å². The Morgan fingerprint density at radius 1 is 1.41 bits per heavy atom. The van der Waals surface area contributed by atoms with Crippen molar-refractivity contribution in [2.75, 3.05) is 19.7 Å². The Balaban J connectivity index is 0.00000441. The lowest BCUT2D eigenvalue weighted by Gasteiger charge is -2.09. The van der Waals surface area contributed by atoms with Crippen LogP contribution in [0.3, 0.4) is 0 Å². The second kappa shape index (κ2) is 9.70. The SMILES string of the molecule is CC(C)CN=C(N)NCCOc1ccc(C(F)(F)F)cn1.I. The van der Waals surface area contributed by atoms with Crippen molar-refractivity contribution in [2.45, 2.75) is 20.0 Å². The molecule has 0 bridgehead atoms. The number of aliphatic imine (C=N–C) groups is 1. The predicted molar refractivity (Wildman–Crippen MR) is 89.5 cm³/mol. The number of alkyl halides is 3. The Bertz CT molecular complexity index is 463. The maximum Gasteiger partial charge on any atom is 0.417 e. The fraction of sp³-hybridized carbons (Fsp3) is 0.538. The predicted octanol–water partition coefficient (Wildman–Crippen LogP) is 2.66. The Morgan fingerprint density at radius 3 is 2.59 bits per heavy atom. The van der Waals surface area contributed by atoms with Gasteiger partial charge in [-0.15, -0.1) is 24.0 Å². The molecule has 0 spiro atoms. The number of ether oxygens (including phenoxy) is 1. The van der Waals surface area contributed by atoms with Gasteiger partial charge < -0.3 is 15.8 Å². The van der Waals surface area contributed by atoms with Crippen LogP contribution in [0.15, 0.2) is 23.3 Å². The summed E-state index contributed by atoms with van der Waals surface area (Å²) in [5, 5.41) is 2.84. The summed E-state index contributed by atoms with van der Waals surface area (Å²) in [6, 6.07) is 2.10. The number of pyridine rings is 1. The largest absolute Gasteiger partial charge is 0.476 e. The van der Waals surface area contributed by atoms with Crippen LogP contribution in [0.2, 0.25) is 0 Å². The molecule has 0 aliphatic rings. The maximum absolute atomic E-state index is 12.3. The molecule has 1 rings (SSSR count). The molecular formula is C13H20F3IN4O. The molecule has 5 nitrogen and oxygen atoms in total. The number of nitrogens with one attached hydrogen (secondary N) is 1. The van der Waals surface area contributed by atoms with Gasteiger partial charge in [0.05, 0.1) is 12.1 Å². The molecule has 126 valence electrons. The fourth-order valence-corrected chi connectivity index (χ4v) is 1.30. The molecule has 0 amide bonds. The molecule has 0 fully saturated rings. The number of hydrogen-bond donors (Lipinski definition) is 2. The first kappa shape index (κ1) is 20.7. The zero-order valence-electron chi connectivity index (χ0n) is 12.4. The van der Waals surface area contributed by atoms with Crippen molar-refractivity contribution in [3.8, 4) is 5.88 Å². The first-order valence-corrected chi connectivity index (χ1v) is 6.49. The molecule has 1 aromatic heterocycles. The van der Waals surface area contributed by atoms with E-state index >= 15 is 0 Å². The summed E-state index contributed by atoms with van der Waals surface area (Å²) < 4.78 is 42.2. The lowest BCUT2D eigenvalue weighted by atomic mass is 10.2. The number of nitrogens with two attached hydrogens (primary N) is 1. The lowest BCUT2D eigenvalue weighted by Crippen LogP contribution is -2.35. The normalized spacial score (nSPS) is 12.0. The molecule has 0 saturated heterocycles. The van der Waals surface area contributed by atoms with Gasteiger partial charge >= 0.3 is 6.18 Å². The second-order valence-electron chi connectivity index (χ2n) is 4.78. The summed E-state index contributed by atoms with van der Waals surface area (Å²) in [6.07, 6.45) is -3.66. The van der Waals surface area contributed by atoms with E-state index in [1.54, 1.807) is 0 Å². The van der Waals surface area contributed by atoms with Gasteiger partial charge in [0, 0.05) is 18.8 Å². The summed E-state index contributed by atoms with van der Waals surface area (Å²) in [6.45, 7) is 5.28. The zero-order valence-corrected chi connectivity index (χ0v) is 14.7. The highest BCUT2D eigenvalue weighted by Gasteiger charge is 2.30. The van der Waals surface area contributed by atoms with Crippen molar-refractivity contribution in [3.05, 3.63) is 23.9 Å². The Morgan fingerprint density at radius 2 is 2.09 bits per heavy atom. The van der Waals surface area contributed by atoms with Crippen LogP contribution in [0, 0.1) is 5.92 Å². The standard InChI is InChI=1S/C13H19F3N4O.HI/c1-9(2)7-20-12(17)18-5-6-21-11-4-3-10(8-19-11)13(14,15)16;/h3-4,8-9H,5-7H2,1-2H3,(H3,17,18,20);1H. The van der Waals surface area contributed by atoms with Crippen molar-refractivity contribution < 1.29 is 17.9 Å². The van der Waals surface area contributed by atoms with Crippen molar-refractivity contribution in [1.29, 1.82) is 0 Å². The molecule has 0 aromatic carbocycles. The van der Waals surface area contributed by atoms with E-state index in [0.717, 1.165) is 12.3 Å². The van der Waals surface area contributed by atoms with Gasteiger partial charge in [0.2, 0.25) is 5.88 Å². The number of halogens is 4. The van der Waals surface area contributed by atoms with Crippen LogP contribution in [0.25, 0.3) is 0 Å². The highest BCUT2D eigenvalue weighted by Crippen LogP contribution is 2.29. The summed E-state index contributed by atoms with van der Waals surface area (Å²) >= 11 is 0. The number of rotatable bonds is 6. The van der Waals surface area contributed by atoms with Gasteiger partial charge in [-0.2, -0.15) is 13.2 Å². The van der Waals surface area contributed by atoms with Gasteiger partial charge in [0.1, 0.15) is 6.61 Å². The highest BCUT2D eigenvalue weighted by atomic mass is 127. The Kier molecular flexibility index (Phi) is 9.14. The van der Waals surface area contributed by atoms with Crippen LogP contribution in [0.5, 0.6) is 5.88 Å². The smallest absolute Gasteiger partial charge is 0.417 e. The molecule has 0 saturated carbocycles.